The molecule has 1 saturated heterocycles. The van der Waals surface area contributed by atoms with Crippen molar-refractivity contribution in [3.05, 3.63) is 69.8 Å². The fourth-order valence-corrected chi connectivity index (χ4v) is 2.32. The third-order valence-corrected chi connectivity index (χ3v) is 3.78. The van der Waals surface area contributed by atoms with Crippen LogP contribution in [0.4, 0.5) is 10.5 Å². The molecular weight excluding hydrogens is 354 g/mol. The molecule has 1 aliphatic rings. The number of rotatable bonds is 4. The molecule has 0 radical (unpaired) electrons. The Morgan fingerprint density at radius 3 is 2.11 bits per heavy atom. The summed E-state index contributed by atoms with van der Waals surface area (Å²) >= 11 is 0. The van der Waals surface area contributed by atoms with Crippen molar-refractivity contribution in [2.45, 2.75) is 0 Å². The number of non-ortho nitro benzene ring substituents is 1. The molecule has 0 aliphatic carbocycles. The van der Waals surface area contributed by atoms with E-state index in [2.05, 4.69) is 5.32 Å². The van der Waals surface area contributed by atoms with E-state index in [0.29, 0.717) is 17.1 Å². The van der Waals surface area contributed by atoms with Crippen LogP contribution in [0.5, 0.6) is 11.5 Å². The monoisotopic (exact) mass is 367 g/mol. The molecule has 9 heteroatoms. The summed E-state index contributed by atoms with van der Waals surface area (Å²) in [5, 5.41) is 12.7. The van der Waals surface area contributed by atoms with Gasteiger partial charge in [0.25, 0.3) is 17.5 Å². The number of hydrogen-bond donors (Lipinski definition) is 1. The van der Waals surface area contributed by atoms with Gasteiger partial charge in [-0.1, -0.05) is 12.1 Å². The second-order valence-electron chi connectivity index (χ2n) is 5.60. The second-order valence-corrected chi connectivity index (χ2v) is 5.60. The van der Waals surface area contributed by atoms with Crippen LogP contribution in [0.2, 0.25) is 0 Å². The molecule has 1 N–H and O–H groups in total. The lowest BCUT2D eigenvalue weighted by Gasteiger charge is -2.22. The molecule has 0 spiro atoms. The van der Waals surface area contributed by atoms with Crippen molar-refractivity contribution in [2.24, 2.45) is 0 Å². The average molecular weight is 367 g/mol. The predicted octanol–water partition coefficient (Wildman–Crippen LogP) is 2.48. The predicted molar refractivity (Wildman–Crippen MR) is 93.9 cm³/mol. The standard InChI is InChI=1S/C18H13N3O6/c1-20-17(23)15(16(22)19-18(20)24)10-11-2-6-13(7-3-11)27-14-8-4-12(5-9-14)21(25)26/h2-10H,1H3,(H,19,22,24)/b15-10+. The fraction of sp³-hybridized carbons (Fsp3) is 0.0556. The van der Waals surface area contributed by atoms with E-state index in [1.54, 1.807) is 24.3 Å². The van der Waals surface area contributed by atoms with Gasteiger partial charge in [-0.2, -0.15) is 0 Å². The molecule has 1 heterocycles. The van der Waals surface area contributed by atoms with E-state index in [4.69, 9.17) is 4.74 Å². The third kappa shape index (κ3) is 3.82. The Kier molecular flexibility index (Phi) is 4.67. The summed E-state index contributed by atoms with van der Waals surface area (Å²) in [6, 6.07) is 11.3. The zero-order valence-electron chi connectivity index (χ0n) is 14.0. The first kappa shape index (κ1) is 17.8. The first-order valence-corrected chi connectivity index (χ1v) is 7.72. The number of nitro groups is 1. The van der Waals surface area contributed by atoms with Crippen LogP contribution in [0, 0.1) is 10.1 Å². The maximum Gasteiger partial charge on any atom is 0.331 e. The molecule has 0 aromatic heterocycles. The van der Waals surface area contributed by atoms with Crippen LogP contribution in [-0.4, -0.2) is 34.7 Å². The van der Waals surface area contributed by atoms with Gasteiger partial charge in [-0.05, 0) is 35.9 Å². The normalized spacial score (nSPS) is 15.7. The lowest BCUT2D eigenvalue weighted by molar-refractivity contribution is -0.384. The topological polar surface area (TPSA) is 119 Å². The zero-order valence-corrected chi connectivity index (χ0v) is 14.0. The highest BCUT2D eigenvalue weighted by molar-refractivity contribution is 6.30. The van der Waals surface area contributed by atoms with Crippen LogP contribution in [0.1, 0.15) is 5.56 Å². The maximum absolute atomic E-state index is 12.0. The van der Waals surface area contributed by atoms with Gasteiger partial charge in [-0.25, -0.2) is 4.79 Å². The smallest absolute Gasteiger partial charge is 0.331 e. The number of imide groups is 2. The number of benzene rings is 2. The molecule has 27 heavy (non-hydrogen) atoms. The zero-order chi connectivity index (χ0) is 19.6. The Labute approximate surface area is 153 Å². The summed E-state index contributed by atoms with van der Waals surface area (Å²) in [5.74, 6) is -0.546. The number of barbiturate groups is 1. The van der Waals surface area contributed by atoms with E-state index < -0.39 is 22.8 Å². The summed E-state index contributed by atoms with van der Waals surface area (Å²) in [7, 11) is 1.28. The van der Waals surface area contributed by atoms with E-state index in [1.807, 2.05) is 0 Å². The molecule has 2 aromatic rings. The van der Waals surface area contributed by atoms with Crippen LogP contribution < -0.4 is 10.1 Å². The molecular formula is C18H13N3O6. The first-order chi connectivity index (χ1) is 12.8. The highest BCUT2D eigenvalue weighted by Gasteiger charge is 2.32. The number of urea groups is 1. The number of carbonyl (C=O) groups is 3. The van der Waals surface area contributed by atoms with E-state index in [0.717, 1.165) is 4.90 Å². The molecule has 9 nitrogen and oxygen atoms in total. The van der Waals surface area contributed by atoms with Crippen molar-refractivity contribution in [3.63, 3.8) is 0 Å². The van der Waals surface area contributed by atoms with Gasteiger partial charge in [0.1, 0.15) is 17.1 Å². The molecule has 3 rings (SSSR count). The highest BCUT2D eigenvalue weighted by Crippen LogP contribution is 2.24. The number of nitrogens with zero attached hydrogens (tertiary/aromatic N) is 2. The summed E-state index contributed by atoms with van der Waals surface area (Å²) in [5.41, 5.74) is 0.372. The minimum Gasteiger partial charge on any atom is -0.457 e. The van der Waals surface area contributed by atoms with Crippen LogP contribution in [0.15, 0.2) is 54.1 Å². The fourth-order valence-electron chi connectivity index (χ4n) is 2.32. The lowest BCUT2D eigenvalue weighted by Crippen LogP contribution is -2.52. The molecule has 0 unspecified atom stereocenters. The van der Waals surface area contributed by atoms with Crippen LogP contribution in [0.3, 0.4) is 0 Å². The minimum absolute atomic E-state index is 0.0387. The van der Waals surface area contributed by atoms with E-state index in [-0.39, 0.29) is 11.3 Å². The molecule has 0 saturated carbocycles. The van der Waals surface area contributed by atoms with Crippen molar-refractivity contribution in [2.75, 3.05) is 7.05 Å². The molecule has 4 amide bonds. The van der Waals surface area contributed by atoms with Crippen LogP contribution >= 0.6 is 0 Å². The molecule has 0 bridgehead atoms. The van der Waals surface area contributed by atoms with Gasteiger partial charge in [-0.3, -0.25) is 29.9 Å². The maximum atomic E-state index is 12.0. The van der Waals surface area contributed by atoms with Crippen molar-refractivity contribution in [1.29, 1.82) is 0 Å². The minimum atomic E-state index is -0.769. The first-order valence-electron chi connectivity index (χ1n) is 7.72. The summed E-state index contributed by atoms with van der Waals surface area (Å²) in [6.07, 6.45) is 1.37. The Balaban J connectivity index is 1.75. The van der Waals surface area contributed by atoms with Crippen molar-refractivity contribution in [1.82, 2.24) is 10.2 Å². The summed E-state index contributed by atoms with van der Waals surface area (Å²) in [4.78, 5) is 46.2. The Morgan fingerprint density at radius 2 is 1.56 bits per heavy atom. The third-order valence-electron chi connectivity index (χ3n) is 3.78. The van der Waals surface area contributed by atoms with Crippen LogP contribution in [-0.2, 0) is 9.59 Å². The quantitative estimate of drug-likeness (QED) is 0.384. The van der Waals surface area contributed by atoms with Crippen molar-refractivity contribution < 1.29 is 24.0 Å². The van der Waals surface area contributed by atoms with E-state index in [9.17, 15) is 24.5 Å². The Bertz CT molecular complexity index is 964. The molecule has 1 fully saturated rings. The second kappa shape index (κ2) is 7.08. The largest absolute Gasteiger partial charge is 0.457 e. The van der Waals surface area contributed by atoms with Crippen LogP contribution in [0.25, 0.3) is 6.08 Å². The van der Waals surface area contributed by atoms with Gasteiger partial charge < -0.3 is 4.74 Å². The molecule has 0 atom stereocenters. The average Bonchev–Trinajstić information content (AvgIpc) is 2.65. The van der Waals surface area contributed by atoms with Crippen molar-refractivity contribution >= 4 is 29.6 Å². The number of carbonyl (C=O) groups excluding carboxylic acids is 3. The van der Waals surface area contributed by atoms with Gasteiger partial charge in [0.05, 0.1) is 4.92 Å². The SMILES string of the molecule is CN1C(=O)NC(=O)/C(=C\c2ccc(Oc3ccc([N+](=O)[O-])cc3)cc2)C1=O. The summed E-state index contributed by atoms with van der Waals surface area (Å²) < 4.78 is 5.59. The van der Waals surface area contributed by atoms with E-state index >= 15 is 0 Å². The lowest BCUT2D eigenvalue weighted by atomic mass is 10.1. The van der Waals surface area contributed by atoms with E-state index in [1.165, 1.54) is 37.4 Å². The number of ether oxygens (including phenoxy) is 1. The molecule has 136 valence electrons. The van der Waals surface area contributed by atoms with Gasteiger partial charge in [0, 0.05) is 19.2 Å². The van der Waals surface area contributed by atoms with Gasteiger partial charge in [0.2, 0.25) is 0 Å². The summed E-state index contributed by atoms with van der Waals surface area (Å²) in [6.45, 7) is 0. The molecule has 2 aromatic carbocycles. The number of hydrogen-bond acceptors (Lipinski definition) is 6. The van der Waals surface area contributed by atoms with Crippen molar-refractivity contribution in [3.8, 4) is 11.5 Å². The van der Waals surface area contributed by atoms with Gasteiger partial charge in [-0.15, -0.1) is 0 Å². The number of nitrogens with one attached hydrogen (secondary N) is 1. The Morgan fingerprint density at radius 1 is 1.00 bits per heavy atom. The van der Waals surface area contributed by atoms with Gasteiger partial charge in [0.15, 0.2) is 0 Å². The Hall–Kier alpha value is -4.01. The molecule has 1 aliphatic heterocycles. The number of amides is 4. The van der Waals surface area contributed by atoms with Gasteiger partial charge >= 0.3 is 6.03 Å². The highest BCUT2D eigenvalue weighted by atomic mass is 16.6. The number of likely N-dealkylation sites (N-methyl/N-ethyl adjacent to an activating group) is 1. The number of nitro benzene ring substituents is 1.